The Labute approximate surface area is 184 Å². The second-order valence-electron chi connectivity index (χ2n) is 6.98. The minimum atomic E-state index is -0.357. The smallest absolute Gasteiger partial charge is 0.336 e. The van der Waals surface area contributed by atoms with Gasteiger partial charge >= 0.3 is 5.63 Å². The van der Waals surface area contributed by atoms with E-state index in [0.29, 0.717) is 16.4 Å². The van der Waals surface area contributed by atoms with Gasteiger partial charge in [0.15, 0.2) is 5.16 Å². The fourth-order valence-corrected chi connectivity index (χ4v) is 4.78. The molecule has 0 saturated heterocycles. The molecule has 4 rings (SSSR count). The van der Waals surface area contributed by atoms with Crippen LogP contribution in [0.1, 0.15) is 36.4 Å². The highest BCUT2D eigenvalue weighted by molar-refractivity contribution is 7.98. The fourth-order valence-electron chi connectivity index (χ4n) is 3.47. The molecule has 0 saturated carbocycles. The van der Waals surface area contributed by atoms with Crippen LogP contribution in [0.5, 0.6) is 0 Å². The van der Waals surface area contributed by atoms with Gasteiger partial charge in [0.1, 0.15) is 11.4 Å². The molecule has 0 bridgehead atoms. The van der Waals surface area contributed by atoms with E-state index in [2.05, 4.69) is 33.8 Å². The number of rotatable bonds is 7. The summed E-state index contributed by atoms with van der Waals surface area (Å²) in [6.07, 6.45) is 1.51. The van der Waals surface area contributed by atoms with Gasteiger partial charge in [-0.15, -0.1) is 10.2 Å². The maximum atomic E-state index is 12.1. The summed E-state index contributed by atoms with van der Waals surface area (Å²) >= 11 is 7.97. The van der Waals surface area contributed by atoms with Crippen molar-refractivity contribution in [2.24, 2.45) is 0 Å². The Hall–Kier alpha value is -2.57. The summed E-state index contributed by atoms with van der Waals surface area (Å²) in [5.74, 6) is 1.51. The molecule has 0 N–H and O–H groups in total. The molecule has 154 valence electrons. The Kier molecular flexibility index (Phi) is 6.25. The molecule has 2 aromatic heterocycles. The van der Waals surface area contributed by atoms with Crippen molar-refractivity contribution in [1.29, 1.82) is 0 Å². The van der Waals surface area contributed by atoms with Crippen molar-refractivity contribution in [1.82, 2.24) is 14.8 Å². The van der Waals surface area contributed by atoms with Gasteiger partial charge in [-0.25, -0.2) is 4.79 Å². The van der Waals surface area contributed by atoms with Crippen LogP contribution in [0.3, 0.4) is 0 Å². The lowest BCUT2D eigenvalue weighted by atomic mass is 10.1. The predicted octanol–water partition coefficient (Wildman–Crippen LogP) is 5.50. The molecule has 0 aliphatic rings. The van der Waals surface area contributed by atoms with Crippen LogP contribution >= 0.6 is 23.4 Å². The van der Waals surface area contributed by atoms with E-state index in [0.717, 1.165) is 46.9 Å². The summed E-state index contributed by atoms with van der Waals surface area (Å²) in [4.78, 5) is 12.1. The standard InChI is InChI=1S/C23H22ClN3O2S/c1-3-16-11-20-18(13-19(16)24)17(12-22(28)29-20)14-30-23-26-25-21(27(23)4-2)10-15-8-6-5-7-9-15/h5-9,11-13H,3-4,10,14H2,1-2H3. The molecule has 2 heterocycles. The maximum Gasteiger partial charge on any atom is 0.336 e. The molecule has 4 aromatic rings. The van der Waals surface area contributed by atoms with E-state index in [9.17, 15) is 4.79 Å². The summed E-state index contributed by atoms with van der Waals surface area (Å²) in [5.41, 5.74) is 3.26. The monoisotopic (exact) mass is 439 g/mol. The maximum absolute atomic E-state index is 12.1. The number of benzene rings is 2. The number of halogens is 1. The first kappa shape index (κ1) is 20.7. The molecule has 0 atom stereocenters. The van der Waals surface area contributed by atoms with Crippen molar-refractivity contribution in [3.05, 3.63) is 86.5 Å². The van der Waals surface area contributed by atoms with E-state index in [1.165, 1.54) is 11.6 Å². The second-order valence-corrected chi connectivity index (χ2v) is 8.33. The molecule has 30 heavy (non-hydrogen) atoms. The minimum Gasteiger partial charge on any atom is -0.423 e. The zero-order chi connectivity index (χ0) is 21.1. The molecule has 2 aromatic carbocycles. The van der Waals surface area contributed by atoms with E-state index in [4.69, 9.17) is 16.0 Å². The van der Waals surface area contributed by atoms with Crippen molar-refractivity contribution in [3.63, 3.8) is 0 Å². The highest BCUT2D eigenvalue weighted by atomic mass is 35.5. The van der Waals surface area contributed by atoms with E-state index >= 15 is 0 Å². The van der Waals surface area contributed by atoms with Gasteiger partial charge < -0.3 is 8.98 Å². The lowest BCUT2D eigenvalue weighted by Crippen LogP contribution is -2.05. The molecule has 0 amide bonds. The van der Waals surface area contributed by atoms with Crippen LogP contribution in [0.2, 0.25) is 5.02 Å². The van der Waals surface area contributed by atoms with Gasteiger partial charge in [0.2, 0.25) is 0 Å². The van der Waals surface area contributed by atoms with Crippen molar-refractivity contribution >= 4 is 34.3 Å². The molecular weight excluding hydrogens is 418 g/mol. The van der Waals surface area contributed by atoms with Crippen molar-refractivity contribution in [3.8, 4) is 0 Å². The van der Waals surface area contributed by atoms with Crippen molar-refractivity contribution in [2.45, 2.75) is 44.1 Å². The van der Waals surface area contributed by atoms with Crippen LogP contribution in [0.4, 0.5) is 0 Å². The first-order chi connectivity index (χ1) is 14.6. The molecule has 0 aliphatic carbocycles. The molecule has 0 aliphatic heterocycles. The van der Waals surface area contributed by atoms with Crippen LogP contribution < -0.4 is 5.63 Å². The largest absolute Gasteiger partial charge is 0.423 e. The van der Waals surface area contributed by atoms with E-state index < -0.39 is 0 Å². The highest BCUT2D eigenvalue weighted by Crippen LogP contribution is 2.30. The molecule has 0 spiro atoms. The topological polar surface area (TPSA) is 60.9 Å². The number of fused-ring (bicyclic) bond motifs is 1. The minimum absolute atomic E-state index is 0.357. The number of aromatic nitrogens is 3. The van der Waals surface area contributed by atoms with Crippen LogP contribution in [-0.4, -0.2) is 14.8 Å². The number of nitrogens with zero attached hydrogens (tertiary/aromatic N) is 3. The molecule has 7 heteroatoms. The molecule has 0 unspecified atom stereocenters. The molecule has 0 radical (unpaired) electrons. The van der Waals surface area contributed by atoms with Crippen molar-refractivity contribution in [2.75, 3.05) is 0 Å². The number of thioether (sulfide) groups is 1. The first-order valence-corrected chi connectivity index (χ1v) is 11.3. The normalized spacial score (nSPS) is 11.3. The van der Waals surface area contributed by atoms with E-state index in [-0.39, 0.29) is 5.63 Å². The third-order valence-electron chi connectivity index (χ3n) is 5.05. The quantitative estimate of drug-likeness (QED) is 0.281. The third-order valence-corrected chi connectivity index (χ3v) is 6.42. The molecule has 0 fully saturated rings. The fraction of sp³-hybridized carbons (Fsp3) is 0.261. The van der Waals surface area contributed by atoms with Gasteiger partial charge in [-0.3, -0.25) is 0 Å². The zero-order valence-corrected chi connectivity index (χ0v) is 18.5. The summed E-state index contributed by atoms with van der Waals surface area (Å²) < 4.78 is 7.53. The van der Waals surface area contributed by atoms with Gasteiger partial charge in [-0.1, -0.05) is 60.6 Å². The van der Waals surface area contributed by atoms with Crippen LogP contribution in [0.25, 0.3) is 11.0 Å². The number of aryl methyl sites for hydroxylation is 1. The van der Waals surface area contributed by atoms with Gasteiger partial charge in [0.05, 0.1) is 0 Å². The van der Waals surface area contributed by atoms with Crippen LogP contribution in [-0.2, 0) is 25.1 Å². The Morgan fingerprint density at radius 2 is 1.87 bits per heavy atom. The Morgan fingerprint density at radius 3 is 2.60 bits per heavy atom. The summed E-state index contributed by atoms with van der Waals surface area (Å²) in [6, 6.07) is 15.5. The molecule has 5 nitrogen and oxygen atoms in total. The third kappa shape index (κ3) is 4.30. The zero-order valence-electron chi connectivity index (χ0n) is 16.9. The van der Waals surface area contributed by atoms with Gasteiger partial charge in [-0.2, -0.15) is 0 Å². The first-order valence-electron chi connectivity index (χ1n) is 9.93. The number of hydrogen-bond donors (Lipinski definition) is 0. The Balaban J connectivity index is 1.61. The summed E-state index contributed by atoms with van der Waals surface area (Å²) in [6.45, 7) is 4.89. The van der Waals surface area contributed by atoms with Gasteiger partial charge in [0, 0.05) is 35.2 Å². The average molecular weight is 440 g/mol. The summed E-state index contributed by atoms with van der Waals surface area (Å²) in [7, 11) is 0. The average Bonchev–Trinajstić information content (AvgIpc) is 3.14. The lowest BCUT2D eigenvalue weighted by Gasteiger charge is -2.09. The van der Waals surface area contributed by atoms with Crippen LogP contribution in [0, 0.1) is 0 Å². The highest BCUT2D eigenvalue weighted by Gasteiger charge is 2.14. The predicted molar refractivity (Wildman–Crippen MR) is 121 cm³/mol. The Morgan fingerprint density at radius 1 is 1.07 bits per heavy atom. The molecular formula is C23H22ClN3O2S. The van der Waals surface area contributed by atoms with E-state index in [1.54, 1.807) is 11.8 Å². The Bertz CT molecular complexity index is 1230. The van der Waals surface area contributed by atoms with Crippen LogP contribution in [0.15, 0.2) is 62.9 Å². The number of hydrogen-bond acceptors (Lipinski definition) is 5. The second kappa shape index (κ2) is 9.06. The van der Waals surface area contributed by atoms with Gasteiger partial charge in [-0.05, 0) is 42.2 Å². The lowest BCUT2D eigenvalue weighted by molar-refractivity contribution is 0.559. The van der Waals surface area contributed by atoms with Crippen molar-refractivity contribution < 1.29 is 4.42 Å². The SMILES string of the molecule is CCc1cc2oc(=O)cc(CSc3nnc(Cc4ccccc4)n3CC)c2cc1Cl. The summed E-state index contributed by atoms with van der Waals surface area (Å²) in [5, 5.41) is 11.2. The van der Waals surface area contributed by atoms with Gasteiger partial charge in [0.25, 0.3) is 0 Å². The van der Waals surface area contributed by atoms with E-state index in [1.807, 2.05) is 37.3 Å².